The van der Waals surface area contributed by atoms with Gasteiger partial charge in [-0.05, 0) is 37.7 Å². The zero-order valence-corrected chi connectivity index (χ0v) is 13.6. The monoisotopic (exact) mass is 293 g/mol. The molecule has 0 saturated heterocycles. The molecule has 0 fully saturated rings. The smallest absolute Gasteiger partial charge is 0.241 e. The number of benzene rings is 1. The van der Waals surface area contributed by atoms with E-state index in [0.29, 0.717) is 11.4 Å². The van der Waals surface area contributed by atoms with Gasteiger partial charge in [0.15, 0.2) is 0 Å². The summed E-state index contributed by atoms with van der Waals surface area (Å²) in [4.78, 5) is 14.3. The zero-order chi connectivity index (χ0) is 16.0. The third-order valence-electron chi connectivity index (χ3n) is 3.58. The fourth-order valence-corrected chi connectivity index (χ4v) is 2.04. The highest BCUT2D eigenvalue weighted by Crippen LogP contribution is 2.26. The van der Waals surface area contributed by atoms with Crippen LogP contribution in [0.4, 0.5) is 5.69 Å². The standard InChI is InChI=1S/C16H27N3O2/c1-6-11(2)15(17)16(20)18-13-9-12(10-19(3)4)7-8-14(13)21-5/h7-9,11,15H,6,10,17H2,1-5H3,(H,18,20)/t11?,15-/m0/s1. The van der Waals surface area contributed by atoms with Crippen LogP contribution in [-0.2, 0) is 11.3 Å². The second kappa shape index (κ2) is 8.00. The summed E-state index contributed by atoms with van der Waals surface area (Å²) >= 11 is 0. The average Bonchev–Trinajstić information content (AvgIpc) is 2.45. The normalized spacial score (nSPS) is 13.9. The number of hydrogen-bond donors (Lipinski definition) is 2. The number of anilines is 1. The molecule has 0 aliphatic heterocycles. The van der Waals surface area contributed by atoms with Gasteiger partial charge in [0.25, 0.3) is 0 Å². The van der Waals surface area contributed by atoms with Gasteiger partial charge in [-0.15, -0.1) is 0 Å². The van der Waals surface area contributed by atoms with Crippen LogP contribution in [0.25, 0.3) is 0 Å². The Hall–Kier alpha value is -1.59. The van der Waals surface area contributed by atoms with E-state index < -0.39 is 6.04 Å². The SMILES string of the molecule is CCC(C)[C@H](N)C(=O)Nc1cc(CN(C)C)ccc1OC. The Morgan fingerprint density at radius 2 is 2.10 bits per heavy atom. The molecule has 5 nitrogen and oxygen atoms in total. The predicted octanol–water partition coefficient (Wildman–Crippen LogP) is 2.07. The fourth-order valence-electron chi connectivity index (χ4n) is 2.04. The van der Waals surface area contributed by atoms with E-state index in [1.165, 1.54) is 0 Å². The Bertz CT molecular complexity index is 475. The molecule has 0 bridgehead atoms. The lowest BCUT2D eigenvalue weighted by atomic mass is 9.99. The first-order valence-corrected chi connectivity index (χ1v) is 7.27. The summed E-state index contributed by atoms with van der Waals surface area (Å²) in [5.74, 6) is 0.604. The molecule has 1 rings (SSSR count). The van der Waals surface area contributed by atoms with Crippen LogP contribution in [-0.4, -0.2) is 38.1 Å². The molecule has 0 aromatic heterocycles. The molecule has 0 aliphatic carbocycles. The number of nitrogens with two attached hydrogens (primary N) is 1. The van der Waals surface area contributed by atoms with Gasteiger partial charge in [0.1, 0.15) is 5.75 Å². The van der Waals surface area contributed by atoms with E-state index in [9.17, 15) is 4.79 Å². The lowest BCUT2D eigenvalue weighted by Crippen LogP contribution is -2.40. The summed E-state index contributed by atoms with van der Waals surface area (Å²) in [6, 6.07) is 5.27. The topological polar surface area (TPSA) is 67.6 Å². The molecule has 0 aliphatic rings. The predicted molar refractivity (Wildman–Crippen MR) is 86.4 cm³/mol. The highest BCUT2D eigenvalue weighted by molar-refractivity contribution is 5.96. The van der Waals surface area contributed by atoms with Crippen LogP contribution < -0.4 is 15.8 Å². The first-order valence-electron chi connectivity index (χ1n) is 7.27. The molecule has 0 saturated carbocycles. The number of carbonyl (C=O) groups is 1. The maximum Gasteiger partial charge on any atom is 0.241 e. The number of methoxy groups -OCH3 is 1. The van der Waals surface area contributed by atoms with Gasteiger partial charge in [-0.25, -0.2) is 0 Å². The molecule has 118 valence electrons. The van der Waals surface area contributed by atoms with E-state index in [1.807, 2.05) is 46.1 Å². The third kappa shape index (κ3) is 5.02. The van der Waals surface area contributed by atoms with Gasteiger partial charge in [-0.1, -0.05) is 26.3 Å². The second-order valence-electron chi connectivity index (χ2n) is 5.67. The summed E-state index contributed by atoms with van der Waals surface area (Å²) in [7, 11) is 5.59. The summed E-state index contributed by atoms with van der Waals surface area (Å²) in [5, 5.41) is 2.88. The van der Waals surface area contributed by atoms with Crippen molar-refractivity contribution in [1.82, 2.24) is 4.90 Å². The van der Waals surface area contributed by atoms with Gasteiger partial charge in [-0.3, -0.25) is 4.79 Å². The van der Waals surface area contributed by atoms with Crippen molar-refractivity contribution in [3.05, 3.63) is 23.8 Å². The van der Waals surface area contributed by atoms with Crippen molar-refractivity contribution in [1.29, 1.82) is 0 Å². The van der Waals surface area contributed by atoms with Crippen LogP contribution >= 0.6 is 0 Å². The minimum atomic E-state index is -0.516. The number of nitrogens with one attached hydrogen (secondary N) is 1. The van der Waals surface area contributed by atoms with Crippen molar-refractivity contribution in [2.75, 3.05) is 26.5 Å². The molecular weight excluding hydrogens is 266 g/mol. The molecule has 0 radical (unpaired) electrons. The van der Waals surface area contributed by atoms with Gasteiger partial charge in [0.05, 0.1) is 18.8 Å². The van der Waals surface area contributed by atoms with Crippen molar-refractivity contribution in [2.24, 2.45) is 11.7 Å². The Morgan fingerprint density at radius 3 is 2.62 bits per heavy atom. The number of nitrogens with zero attached hydrogens (tertiary/aromatic N) is 1. The minimum Gasteiger partial charge on any atom is -0.495 e. The number of amides is 1. The number of rotatable bonds is 7. The molecule has 2 atom stereocenters. The Balaban J connectivity index is 2.91. The lowest BCUT2D eigenvalue weighted by Gasteiger charge is -2.19. The number of carbonyl (C=O) groups excluding carboxylic acids is 1. The van der Waals surface area contributed by atoms with Gasteiger partial charge in [0.2, 0.25) is 5.91 Å². The third-order valence-corrected chi connectivity index (χ3v) is 3.58. The Kier molecular flexibility index (Phi) is 6.65. The van der Waals surface area contributed by atoms with Crippen LogP contribution in [0.15, 0.2) is 18.2 Å². The zero-order valence-electron chi connectivity index (χ0n) is 13.6. The molecule has 1 aromatic carbocycles. The van der Waals surface area contributed by atoms with Crippen LogP contribution in [0.5, 0.6) is 5.75 Å². The van der Waals surface area contributed by atoms with Gasteiger partial charge in [0, 0.05) is 6.54 Å². The molecule has 1 amide bonds. The number of ether oxygens (including phenoxy) is 1. The van der Waals surface area contributed by atoms with E-state index >= 15 is 0 Å². The van der Waals surface area contributed by atoms with Gasteiger partial charge >= 0.3 is 0 Å². The quantitative estimate of drug-likeness (QED) is 0.807. The van der Waals surface area contributed by atoms with Crippen LogP contribution in [0.1, 0.15) is 25.8 Å². The molecule has 1 unspecified atom stereocenters. The van der Waals surface area contributed by atoms with Crippen LogP contribution in [0.2, 0.25) is 0 Å². The molecule has 1 aromatic rings. The summed E-state index contributed by atoms with van der Waals surface area (Å²) in [5.41, 5.74) is 7.74. The Labute approximate surface area is 127 Å². The van der Waals surface area contributed by atoms with Crippen LogP contribution in [0.3, 0.4) is 0 Å². The van der Waals surface area contributed by atoms with Crippen molar-refractivity contribution in [3.63, 3.8) is 0 Å². The maximum atomic E-state index is 12.2. The van der Waals surface area contributed by atoms with Crippen molar-refractivity contribution in [3.8, 4) is 5.75 Å². The molecule has 0 heterocycles. The minimum absolute atomic E-state index is 0.140. The van der Waals surface area contributed by atoms with Gasteiger partial charge in [-0.2, -0.15) is 0 Å². The van der Waals surface area contributed by atoms with E-state index in [4.69, 9.17) is 10.5 Å². The Morgan fingerprint density at radius 1 is 1.43 bits per heavy atom. The van der Waals surface area contributed by atoms with E-state index in [2.05, 4.69) is 10.2 Å². The van der Waals surface area contributed by atoms with E-state index in [1.54, 1.807) is 7.11 Å². The molecule has 5 heteroatoms. The highest BCUT2D eigenvalue weighted by atomic mass is 16.5. The average molecular weight is 293 g/mol. The second-order valence-corrected chi connectivity index (χ2v) is 5.67. The molecule has 3 N–H and O–H groups in total. The first-order chi connectivity index (χ1) is 9.88. The molecule has 21 heavy (non-hydrogen) atoms. The first kappa shape index (κ1) is 17.5. The fraction of sp³-hybridized carbons (Fsp3) is 0.562. The summed E-state index contributed by atoms with van der Waals surface area (Å²) in [6.07, 6.45) is 0.867. The number of hydrogen-bond acceptors (Lipinski definition) is 4. The van der Waals surface area contributed by atoms with Crippen LogP contribution in [0, 0.1) is 5.92 Å². The molecular formula is C16H27N3O2. The lowest BCUT2D eigenvalue weighted by molar-refractivity contribution is -0.118. The largest absolute Gasteiger partial charge is 0.495 e. The summed E-state index contributed by atoms with van der Waals surface area (Å²) < 4.78 is 5.30. The maximum absolute atomic E-state index is 12.2. The van der Waals surface area contributed by atoms with E-state index in [0.717, 1.165) is 18.5 Å². The van der Waals surface area contributed by atoms with Crippen molar-refractivity contribution in [2.45, 2.75) is 32.9 Å². The summed E-state index contributed by atoms with van der Waals surface area (Å²) in [6.45, 7) is 4.80. The van der Waals surface area contributed by atoms with Crippen molar-refractivity contribution >= 4 is 11.6 Å². The van der Waals surface area contributed by atoms with Crippen molar-refractivity contribution < 1.29 is 9.53 Å². The van der Waals surface area contributed by atoms with Gasteiger partial charge < -0.3 is 20.7 Å². The van der Waals surface area contributed by atoms with E-state index in [-0.39, 0.29) is 11.8 Å². The highest BCUT2D eigenvalue weighted by Gasteiger charge is 2.20. The molecule has 0 spiro atoms.